The van der Waals surface area contributed by atoms with Crippen LogP contribution in [-0.2, 0) is 11.2 Å². The number of fused-ring (bicyclic) bond motifs is 1. The van der Waals surface area contributed by atoms with Crippen LogP contribution in [-0.4, -0.2) is 17.9 Å². The molecular formula is C21H21NO. The van der Waals surface area contributed by atoms with Crippen molar-refractivity contribution in [3.8, 4) is 0 Å². The Balaban J connectivity index is 1.80. The smallest absolute Gasteiger partial charge is 0.227 e. The van der Waals surface area contributed by atoms with E-state index < -0.39 is 0 Å². The molecule has 1 unspecified atom stereocenters. The van der Waals surface area contributed by atoms with E-state index in [0.717, 1.165) is 16.5 Å². The second kappa shape index (κ2) is 6.66. The van der Waals surface area contributed by atoms with Gasteiger partial charge in [0, 0.05) is 7.05 Å². The van der Waals surface area contributed by atoms with Crippen LogP contribution in [0.25, 0.3) is 10.8 Å². The summed E-state index contributed by atoms with van der Waals surface area (Å²) in [6.07, 6.45) is 0.426. The van der Waals surface area contributed by atoms with Crippen molar-refractivity contribution in [2.45, 2.75) is 19.4 Å². The van der Waals surface area contributed by atoms with Crippen molar-refractivity contribution in [1.29, 1.82) is 0 Å². The monoisotopic (exact) mass is 303 g/mol. The molecule has 3 aromatic rings. The predicted octanol–water partition coefficient (Wildman–Crippen LogP) is 4.60. The topological polar surface area (TPSA) is 20.3 Å². The third-order valence-corrected chi connectivity index (χ3v) is 4.48. The number of benzene rings is 3. The number of rotatable bonds is 4. The van der Waals surface area contributed by atoms with E-state index in [1.165, 1.54) is 5.39 Å². The average Bonchev–Trinajstić information content (AvgIpc) is 2.61. The minimum atomic E-state index is 0.0682. The van der Waals surface area contributed by atoms with E-state index >= 15 is 0 Å². The van der Waals surface area contributed by atoms with Gasteiger partial charge in [-0.1, -0.05) is 72.8 Å². The van der Waals surface area contributed by atoms with Gasteiger partial charge in [-0.2, -0.15) is 0 Å². The molecular weight excluding hydrogens is 282 g/mol. The fraction of sp³-hybridized carbons (Fsp3) is 0.190. The summed E-state index contributed by atoms with van der Waals surface area (Å²) < 4.78 is 0. The molecule has 0 aliphatic carbocycles. The highest BCUT2D eigenvalue weighted by Crippen LogP contribution is 2.22. The zero-order valence-electron chi connectivity index (χ0n) is 13.6. The van der Waals surface area contributed by atoms with Crippen molar-refractivity contribution in [2.75, 3.05) is 7.05 Å². The Morgan fingerprint density at radius 2 is 1.57 bits per heavy atom. The molecule has 0 radical (unpaired) electrons. The number of hydrogen-bond acceptors (Lipinski definition) is 1. The molecule has 3 rings (SSSR count). The molecule has 0 heterocycles. The second-order valence-electron chi connectivity index (χ2n) is 5.91. The van der Waals surface area contributed by atoms with Crippen LogP contribution in [0.4, 0.5) is 0 Å². The molecule has 2 heteroatoms. The SMILES string of the molecule is CC(c1ccccc1)N(C)C(=O)Cc1cccc2ccccc12. The van der Waals surface area contributed by atoms with E-state index in [-0.39, 0.29) is 11.9 Å². The highest BCUT2D eigenvalue weighted by molar-refractivity contribution is 5.90. The Bertz CT molecular complexity index is 805. The first-order valence-corrected chi connectivity index (χ1v) is 7.94. The fourth-order valence-electron chi connectivity index (χ4n) is 2.91. The molecule has 0 aromatic heterocycles. The Morgan fingerprint density at radius 1 is 0.913 bits per heavy atom. The molecule has 0 saturated carbocycles. The summed E-state index contributed by atoms with van der Waals surface area (Å²) in [5.41, 5.74) is 2.24. The first-order chi connectivity index (χ1) is 11.2. The van der Waals surface area contributed by atoms with E-state index in [2.05, 4.69) is 37.3 Å². The third-order valence-electron chi connectivity index (χ3n) is 4.48. The molecule has 1 atom stereocenters. The van der Waals surface area contributed by atoms with Crippen molar-refractivity contribution < 1.29 is 4.79 Å². The van der Waals surface area contributed by atoms with Crippen molar-refractivity contribution in [2.24, 2.45) is 0 Å². The van der Waals surface area contributed by atoms with Crippen LogP contribution in [0.15, 0.2) is 72.8 Å². The molecule has 0 fully saturated rings. The van der Waals surface area contributed by atoms with Crippen LogP contribution in [0.1, 0.15) is 24.1 Å². The molecule has 116 valence electrons. The Labute approximate surface area is 137 Å². The summed E-state index contributed by atoms with van der Waals surface area (Å²) in [4.78, 5) is 14.5. The number of nitrogens with zero attached hydrogens (tertiary/aromatic N) is 1. The quantitative estimate of drug-likeness (QED) is 0.689. The zero-order valence-corrected chi connectivity index (χ0v) is 13.6. The first kappa shape index (κ1) is 15.3. The van der Waals surface area contributed by atoms with Gasteiger partial charge in [0.25, 0.3) is 0 Å². The Kier molecular flexibility index (Phi) is 4.42. The molecule has 0 saturated heterocycles. The highest BCUT2D eigenvalue weighted by atomic mass is 16.2. The minimum Gasteiger partial charge on any atom is -0.339 e. The maximum Gasteiger partial charge on any atom is 0.227 e. The maximum absolute atomic E-state index is 12.7. The number of likely N-dealkylation sites (N-methyl/N-ethyl adjacent to an activating group) is 1. The van der Waals surface area contributed by atoms with Gasteiger partial charge in [-0.3, -0.25) is 4.79 Å². The normalized spacial score (nSPS) is 12.1. The first-order valence-electron chi connectivity index (χ1n) is 7.94. The van der Waals surface area contributed by atoms with Crippen molar-refractivity contribution in [3.63, 3.8) is 0 Å². The van der Waals surface area contributed by atoms with Gasteiger partial charge in [0.1, 0.15) is 0 Å². The Morgan fingerprint density at radius 3 is 2.35 bits per heavy atom. The lowest BCUT2D eigenvalue weighted by Gasteiger charge is -2.25. The summed E-state index contributed by atoms with van der Waals surface area (Å²) in [5, 5.41) is 2.33. The lowest BCUT2D eigenvalue weighted by molar-refractivity contribution is -0.131. The van der Waals surface area contributed by atoms with Gasteiger partial charge in [-0.15, -0.1) is 0 Å². The van der Waals surface area contributed by atoms with E-state index in [9.17, 15) is 4.79 Å². The van der Waals surface area contributed by atoms with Gasteiger partial charge in [-0.25, -0.2) is 0 Å². The lowest BCUT2D eigenvalue weighted by Crippen LogP contribution is -2.31. The molecule has 3 aromatic carbocycles. The largest absolute Gasteiger partial charge is 0.339 e. The van der Waals surface area contributed by atoms with E-state index in [0.29, 0.717) is 6.42 Å². The van der Waals surface area contributed by atoms with Gasteiger partial charge < -0.3 is 4.90 Å². The maximum atomic E-state index is 12.7. The molecule has 0 spiro atoms. The van der Waals surface area contributed by atoms with Crippen LogP contribution in [0.2, 0.25) is 0 Å². The van der Waals surface area contributed by atoms with Gasteiger partial charge in [0.15, 0.2) is 0 Å². The van der Waals surface area contributed by atoms with Crippen LogP contribution < -0.4 is 0 Å². The van der Waals surface area contributed by atoms with E-state index in [4.69, 9.17) is 0 Å². The molecule has 23 heavy (non-hydrogen) atoms. The van der Waals surface area contributed by atoms with Gasteiger partial charge >= 0.3 is 0 Å². The van der Waals surface area contributed by atoms with Crippen LogP contribution >= 0.6 is 0 Å². The van der Waals surface area contributed by atoms with E-state index in [1.807, 2.05) is 54.4 Å². The molecule has 0 N–H and O–H groups in total. The molecule has 0 bridgehead atoms. The van der Waals surface area contributed by atoms with Crippen LogP contribution in [0.3, 0.4) is 0 Å². The number of amides is 1. The van der Waals surface area contributed by atoms with Gasteiger partial charge in [0.05, 0.1) is 12.5 Å². The van der Waals surface area contributed by atoms with Crippen LogP contribution in [0.5, 0.6) is 0 Å². The second-order valence-corrected chi connectivity index (χ2v) is 5.91. The number of carbonyl (C=O) groups is 1. The summed E-state index contributed by atoms with van der Waals surface area (Å²) >= 11 is 0. The van der Waals surface area contributed by atoms with Crippen LogP contribution in [0, 0.1) is 0 Å². The average molecular weight is 303 g/mol. The summed E-state index contributed by atoms with van der Waals surface area (Å²) in [7, 11) is 1.88. The molecule has 1 amide bonds. The number of hydrogen-bond donors (Lipinski definition) is 0. The van der Waals surface area contributed by atoms with Gasteiger partial charge in [0.2, 0.25) is 5.91 Å². The fourth-order valence-corrected chi connectivity index (χ4v) is 2.91. The summed E-state index contributed by atoms with van der Waals surface area (Å²) in [6.45, 7) is 2.07. The van der Waals surface area contributed by atoms with Crippen molar-refractivity contribution >= 4 is 16.7 Å². The molecule has 0 aliphatic heterocycles. The Hall–Kier alpha value is -2.61. The zero-order chi connectivity index (χ0) is 16.2. The third kappa shape index (κ3) is 3.26. The summed E-state index contributed by atoms with van der Waals surface area (Å²) in [5.74, 6) is 0.137. The predicted molar refractivity (Wildman–Crippen MR) is 95.3 cm³/mol. The highest BCUT2D eigenvalue weighted by Gasteiger charge is 2.18. The summed E-state index contributed by atoms with van der Waals surface area (Å²) in [6, 6.07) is 24.6. The standard InChI is InChI=1S/C21H21NO/c1-16(17-9-4-3-5-10-17)22(2)21(23)15-19-13-8-12-18-11-6-7-14-20(18)19/h3-14,16H,15H2,1-2H3. The number of carbonyl (C=O) groups excluding carboxylic acids is 1. The minimum absolute atomic E-state index is 0.0682. The van der Waals surface area contributed by atoms with Gasteiger partial charge in [-0.05, 0) is 28.8 Å². The van der Waals surface area contributed by atoms with Crippen molar-refractivity contribution in [3.05, 3.63) is 83.9 Å². The molecule has 0 aliphatic rings. The molecule has 2 nitrogen and oxygen atoms in total. The lowest BCUT2D eigenvalue weighted by atomic mass is 10.0. The van der Waals surface area contributed by atoms with Crippen molar-refractivity contribution in [1.82, 2.24) is 4.90 Å². The van der Waals surface area contributed by atoms with E-state index in [1.54, 1.807) is 0 Å².